The third kappa shape index (κ3) is 4.13. The van der Waals surface area contributed by atoms with Gasteiger partial charge in [0.1, 0.15) is 22.8 Å². The molecule has 1 N–H and O–H groups in total. The lowest BCUT2D eigenvalue weighted by Crippen LogP contribution is -2.39. The minimum atomic E-state index is -3.66. The van der Waals surface area contributed by atoms with Gasteiger partial charge in [-0.1, -0.05) is 6.92 Å². The van der Waals surface area contributed by atoms with Crippen molar-refractivity contribution >= 4 is 15.9 Å². The second-order valence-corrected chi connectivity index (χ2v) is 7.58. The Morgan fingerprint density at radius 3 is 2.70 bits per heavy atom. The average molecular weight is 344 g/mol. The summed E-state index contributed by atoms with van der Waals surface area (Å²) >= 11 is 0. The van der Waals surface area contributed by atoms with Gasteiger partial charge in [-0.25, -0.2) is 13.1 Å². The molecule has 130 valence electrons. The largest absolute Gasteiger partial charge is 0.464 e. The van der Waals surface area contributed by atoms with E-state index >= 15 is 0 Å². The monoisotopic (exact) mass is 344 g/mol. The van der Waals surface area contributed by atoms with Gasteiger partial charge in [0, 0.05) is 33.0 Å². The molecule has 1 aromatic rings. The first-order chi connectivity index (χ1) is 10.9. The standard InChI is InChI=1S/C15H24N2O5S/c1-4-11-6-7-14(22-11)13(10-21-3)16-23(19,20)12-8-15(18)17(5-2)9-12/h6-7,12-13,16H,4-5,8-10H2,1-3H3/t12-,13+/m1/s1. The molecule has 2 heterocycles. The van der Waals surface area contributed by atoms with Crippen molar-refractivity contribution in [3.63, 3.8) is 0 Å². The summed E-state index contributed by atoms with van der Waals surface area (Å²) in [5.41, 5.74) is 0. The molecule has 7 nitrogen and oxygen atoms in total. The highest BCUT2D eigenvalue weighted by molar-refractivity contribution is 7.90. The first-order valence-corrected chi connectivity index (χ1v) is 9.32. The van der Waals surface area contributed by atoms with Gasteiger partial charge in [0.2, 0.25) is 15.9 Å². The molecular formula is C15H24N2O5S. The van der Waals surface area contributed by atoms with Gasteiger partial charge in [0.15, 0.2) is 0 Å². The molecule has 1 aromatic heterocycles. The van der Waals surface area contributed by atoms with Crippen molar-refractivity contribution in [2.45, 2.75) is 38.0 Å². The number of sulfonamides is 1. The molecule has 0 aliphatic carbocycles. The number of hydrogen-bond donors (Lipinski definition) is 1. The highest BCUT2D eigenvalue weighted by Gasteiger charge is 2.39. The van der Waals surface area contributed by atoms with E-state index in [1.54, 1.807) is 11.0 Å². The molecule has 1 aliphatic rings. The third-order valence-corrected chi connectivity index (χ3v) is 5.82. The molecule has 2 rings (SSSR count). The van der Waals surface area contributed by atoms with Gasteiger partial charge in [-0.2, -0.15) is 0 Å². The number of ether oxygens (including phenoxy) is 1. The summed E-state index contributed by atoms with van der Waals surface area (Å²) in [6.07, 6.45) is 0.746. The molecule has 1 amide bonds. The van der Waals surface area contributed by atoms with Crippen LogP contribution in [-0.2, 0) is 26.0 Å². The van der Waals surface area contributed by atoms with E-state index in [1.165, 1.54) is 7.11 Å². The van der Waals surface area contributed by atoms with Crippen LogP contribution in [0.3, 0.4) is 0 Å². The topological polar surface area (TPSA) is 88.8 Å². The summed E-state index contributed by atoms with van der Waals surface area (Å²) in [7, 11) is -2.15. The molecule has 1 saturated heterocycles. The number of nitrogens with zero attached hydrogens (tertiary/aromatic N) is 1. The number of rotatable bonds is 8. The van der Waals surface area contributed by atoms with Crippen molar-refractivity contribution in [3.05, 3.63) is 23.7 Å². The Hall–Kier alpha value is -1.38. The van der Waals surface area contributed by atoms with Crippen LogP contribution in [0, 0.1) is 0 Å². The number of likely N-dealkylation sites (tertiary alicyclic amines) is 1. The fraction of sp³-hybridized carbons (Fsp3) is 0.667. The highest BCUT2D eigenvalue weighted by atomic mass is 32.2. The summed E-state index contributed by atoms with van der Waals surface area (Å²) in [5, 5.41) is -0.741. The van der Waals surface area contributed by atoms with Gasteiger partial charge >= 0.3 is 0 Å². The second-order valence-electron chi connectivity index (χ2n) is 5.59. The Morgan fingerprint density at radius 1 is 1.43 bits per heavy atom. The van der Waals surface area contributed by atoms with E-state index in [0.717, 1.165) is 12.2 Å². The van der Waals surface area contributed by atoms with Gasteiger partial charge < -0.3 is 14.1 Å². The van der Waals surface area contributed by atoms with Gasteiger partial charge in [0.25, 0.3) is 0 Å². The quantitative estimate of drug-likeness (QED) is 0.762. The number of amides is 1. The Morgan fingerprint density at radius 2 is 2.17 bits per heavy atom. The zero-order chi connectivity index (χ0) is 17.0. The molecule has 0 radical (unpaired) electrons. The molecule has 23 heavy (non-hydrogen) atoms. The molecule has 2 atom stereocenters. The molecule has 1 fully saturated rings. The molecule has 0 spiro atoms. The summed E-state index contributed by atoms with van der Waals surface area (Å²) in [4.78, 5) is 13.3. The number of furan rings is 1. The van der Waals surface area contributed by atoms with Crippen molar-refractivity contribution in [2.24, 2.45) is 0 Å². The fourth-order valence-electron chi connectivity index (χ4n) is 2.66. The van der Waals surface area contributed by atoms with Crippen LogP contribution in [-0.4, -0.2) is 51.3 Å². The van der Waals surface area contributed by atoms with Crippen molar-refractivity contribution in [2.75, 3.05) is 26.8 Å². The minimum absolute atomic E-state index is 0.0151. The third-order valence-electron chi connectivity index (χ3n) is 4.01. The maximum Gasteiger partial charge on any atom is 0.224 e. The maximum absolute atomic E-state index is 12.6. The van der Waals surface area contributed by atoms with Crippen LogP contribution in [0.5, 0.6) is 0 Å². The average Bonchev–Trinajstić information content (AvgIpc) is 3.13. The Labute approximate surface area is 137 Å². The smallest absolute Gasteiger partial charge is 0.224 e. The predicted octanol–water partition coefficient (Wildman–Crippen LogP) is 1.07. The number of carbonyl (C=O) groups is 1. The lowest BCUT2D eigenvalue weighted by Gasteiger charge is -2.19. The predicted molar refractivity (Wildman–Crippen MR) is 85.4 cm³/mol. The van der Waals surface area contributed by atoms with Crippen LogP contribution >= 0.6 is 0 Å². The van der Waals surface area contributed by atoms with Gasteiger partial charge in [-0.05, 0) is 19.1 Å². The fourth-order valence-corrected chi connectivity index (χ4v) is 4.17. The van der Waals surface area contributed by atoms with Crippen molar-refractivity contribution in [1.29, 1.82) is 0 Å². The lowest BCUT2D eigenvalue weighted by molar-refractivity contribution is -0.127. The van der Waals surface area contributed by atoms with Gasteiger partial charge in [0.05, 0.1) is 6.61 Å². The van der Waals surface area contributed by atoms with E-state index in [1.807, 2.05) is 19.9 Å². The van der Waals surface area contributed by atoms with Crippen LogP contribution in [0.15, 0.2) is 16.5 Å². The van der Waals surface area contributed by atoms with Crippen molar-refractivity contribution in [3.8, 4) is 0 Å². The zero-order valence-electron chi connectivity index (χ0n) is 13.7. The molecule has 0 saturated carbocycles. The van der Waals surface area contributed by atoms with E-state index in [4.69, 9.17) is 9.15 Å². The molecule has 0 unspecified atom stereocenters. The Balaban J connectivity index is 2.13. The number of methoxy groups -OCH3 is 1. The first kappa shape index (κ1) is 18.0. The first-order valence-electron chi connectivity index (χ1n) is 7.77. The molecular weight excluding hydrogens is 320 g/mol. The SMILES string of the molecule is CCc1ccc([C@H](COC)NS(=O)(=O)[C@@H]2CC(=O)N(CC)C2)o1. The Kier molecular flexibility index (Phi) is 5.83. The van der Waals surface area contributed by atoms with Crippen LogP contribution in [0.1, 0.15) is 37.8 Å². The minimum Gasteiger partial charge on any atom is -0.464 e. The summed E-state index contributed by atoms with van der Waals surface area (Å²) in [6.45, 7) is 4.70. The number of nitrogens with one attached hydrogen (secondary N) is 1. The highest BCUT2D eigenvalue weighted by Crippen LogP contribution is 2.22. The van der Waals surface area contributed by atoms with Crippen LogP contribution in [0.25, 0.3) is 0 Å². The number of hydrogen-bond acceptors (Lipinski definition) is 5. The van der Waals surface area contributed by atoms with Crippen LogP contribution in [0.2, 0.25) is 0 Å². The summed E-state index contributed by atoms with van der Waals surface area (Å²) in [6, 6.07) is 2.98. The molecule has 0 aromatic carbocycles. The lowest BCUT2D eigenvalue weighted by atomic mass is 10.2. The number of carbonyl (C=O) groups excluding carboxylic acids is 1. The van der Waals surface area contributed by atoms with Crippen molar-refractivity contribution in [1.82, 2.24) is 9.62 Å². The van der Waals surface area contributed by atoms with E-state index < -0.39 is 21.3 Å². The normalized spacial score (nSPS) is 20.2. The number of aryl methyl sites for hydroxylation is 1. The molecule has 0 bridgehead atoms. The summed E-state index contributed by atoms with van der Waals surface area (Å²) in [5.74, 6) is 1.18. The van der Waals surface area contributed by atoms with Crippen LogP contribution in [0.4, 0.5) is 0 Å². The molecule has 1 aliphatic heterocycles. The van der Waals surface area contributed by atoms with Crippen molar-refractivity contribution < 1.29 is 22.4 Å². The van der Waals surface area contributed by atoms with E-state index in [-0.39, 0.29) is 25.5 Å². The van der Waals surface area contributed by atoms with Crippen LogP contribution < -0.4 is 4.72 Å². The molecule has 8 heteroatoms. The van der Waals surface area contributed by atoms with E-state index in [9.17, 15) is 13.2 Å². The van der Waals surface area contributed by atoms with Gasteiger partial charge in [-0.15, -0.1) is 0 Å². The Bertz CT molecular complexity index is 640. The van der Waals surface area contributed by atoms with Gasteiger partial charge in [-0.3, -0.25) is 4.79 Å². The van der Waals surface area contributed by atoms with E-state index in [0.29, 0.717) is 12.3 Å². The summed E-state index contributed by atoms with van der Waals surface area (Å²) < 4.78 is 38.5. The second kappa shape index (κ2) is 7.46. The zero-order valence-corrected chi connectivity index (χ0v) is 14.6. The maximum atomic E-state index is 12.6. The van der Waals surface area contributed by atoms with E-state index in [2.05, 4.69) is 4.72 Å².